The Hall–Kier alpha value is -0.860. The molecular formula is C16H25NO. The highest BCUT2D eigenvalue weighted by Crippen LogP contribution is 2.38. The highest BCUT2D eigenvalue weighted by molar-refractivity contribution is 5.14. The van der Waals surface area contributed by atoms with Gasteiger partial charge in [0.05, 0.1) is 5.60 Å². The number of nitrogens with one attached hydrogen (secondary N) is 1. The Morgan fingerprint density at radius 1 is 1.22 bits per heavy atom. The van der Waals surface area contributed by atoms with E-state index in [2.05, 4.69) is 35.6 Å². The largest absolute Gasteiger partial charge is 0.375 e. The molecule has 100 valence electrons. The zero-order valence-corrected chi connectivity index (χ0v) is 11.5. The minimum Gasteiger partial charge on any atom is -0.375 e. The lowest BCUT2D eigenvalue weighted by atomic mass is 9.77. The van der Waals surface area contributed by atoms with Crippen molar-refractivity contribution in [2.24, 2.45) is 0 Å². The Morgan fingerprint density at radius 3 is 2.61 bits per heavy atom. The van der Waals surface area contributed by atoms with Crippen LogP contribution in [0.15, 0.2) is 30.3 Å². The number of benzene rings is 1. The van der Waals surface area contributed by atoms with Crippen LogP contribution in [0.2, 0.25) is 0 Å². The molecule has 1 saturated carbocycles. The molecule has 0 saturated heterocycles. The lowest BCUT2D eigenvalue weighted by Crippen LogP contribution is -2.42. The Balaban J connectivity index is 1.65. The SMILES string of the molecule is CNCCC1(OCCCc2ccccc2)CCC1. The summed E-state index contributed by atoms with van der Waals surface area (Å²) in [5, 5.41) is 3.23. The number of aryl methyl sites for hydroxylation is 1. The zero-order chi connectivity index (χ0) is 12.7. The van der Waals surface area contributed by atoms with E-state index < -0.39 is 0 Å². The van der Waals surface area contributed by atoms with Crippen LogP contribution in [0.25, 0.3) is 0 Å². The molecule has 18 heavy (non-hydrogen) atoms. The van der Waals surface area contributed by atoms with Gasteiger partial charge >= 0.3 is 0 Å². The van der Waals surface area contributed by atoms with Gasteiger partial charge < -0.3 is 10.1 Å². The van der Waals surface area contributed by atoms with Crippen LogP contribution in [0.5, 0.6) is 0 Å². The lowest BCUT2D eigenvalue weighted by molar-refractivity contribution is -0.104. The average Bonchev–Trinajstić information content (AvgIpc) is 2.37. The zero-order valence-electron chi connectivity index (χ0n) is 11.5. The number of ether oxygens (including phenoxy) is 1. The van der Waals surface area contributed by atoms with Crippen LogP contribution in [-0.2, 0) is 11.2 Å². The molecular weight excluding hydrogens is 222 g/mol. The first-order valence-corrected chi connectivity index (χ1v) is 7.17. The van der Waals surface area contributed by atoms with Crippen LogP contribution in [0, 0.1) is 0 Å². The molecule has 0 bridgehead atoms. The molecule has 1 aliphatic rings. The first-order valence-electron chi connectivity index (χ1n) is 7.17. The number of hydrogen-bond donors (Lipinski definition) is 1. The Kier molecular flexibility index (Phi) is 5.21. The van der Waals surface area contributed by atoms with Crippen molar-refractivity contribution in [3.63, 3.8) is 0 Å². The van der Waals surface area contributed by atoms with Gasteiger partial charge in [-0.2, -0.15) is 0 Å². The topological polar surface area (TPSA) is 21.3 Å². The van der Waals surface area contributed by atoms with E-state index in [9.17, 15) is 0 Å². The van der Waals surface area contributed by atoms with Gasteiger partial charge in [-0.1, -0.05) is 30.3 Å². The van der Waals surface area contributed by atoms with Crippen molar-refractivity contribution in [3.05, 3.63) is 35.9 Å². The van der Waals surface area contributed by atoms with Crippen molar-refractivity contribution in [3.8, 4) is 0 Å². The second-order valence-electron chi connectivity index (χ2n) is 5.33. The van der Waals surface area contributed by atoms with E-state index in [4.69, 9.17) is 4.74 Å². The molecule has 1 aliphatic carbocycles. The van der Waals surface area contributed by atoms with Crippen LogP contribution in [-0.4, -0.2) is 25.8 Å². The first kappa shape index (κ1) is 13.6. The highest BCUT2D eigenvalue weighted by Gasteiger charge is 2.36. The molecule has 0 amide bonds. The fourth-order valence-corrected chi connectivity index (χ4v) is 2.60. The maximum atomic E-state index is 6.15. The predicted molar refractivity (Wildman–Crippen MR) is 75.8 cm³/mol. The van der Waals surface area contributed by atoms with Crippen LogP contribution >= 0.6 is 0 Å². The Bertz CT molecular complexity index is 332. The fraction of sp³-hybridized carbons (Fsp3) is 0.625. The van der Waals surface area contributed by atoms with E-state index >= 15 is 0 Å². The van der Waals surface area contributed by atoms with Crippen LogP contribution in [0.4, 0.5) is 0 Å². The van der Waals surface area contributed by atoms with E-state index in [0.29, 0.717) is 0 Å². The molecule has 0 spiro atoms. The van der Waals surface area contributed by atoms with Gasteiger partial charge in [-0.25, -0.2) is 0 Å². The molecule has 1 aromatic carbocycles. The second kappa shape index (κ2) is 6.91. The summed E-state index contributed by atoms with van der Waals surface area (Å²) in [6.07, 6.45) is 7.26. The molecule has 0 atom stereocenters. The third kappa shape index (κ3) is 3.82. The quantitative estimate of drug-likeness (QED) is 0.712. The minimum absolute atomic E-state index is 0.208. The van der Waals surface area contributed by atoms with Gasteiger partial charge in [-0.3, -0.25) is 0 Å². The van der Waals surface area contributed by atoms with Gasteiger partial charge in [-0.15, -0.1) is 0 Å². The van der Waals surface area contributed by atoms with Gasteiger partial charge in [0.1, 0.15) is 0 Å². The van der Waals surface area contributed by atoms with E-state index in [-0.39, 0.29) is 5.60 Å². The van der Waals surface area contributed by atoms with Crippen molar-refractivity contribution in [1.29, 1.82) is 0 Å². The smallest absolute Gasteiger partial charge is 0.0694 e. The summed E-state index contributed by atoms with van der Waals surface area (Å²) in [5.41, 5.74) is 1.62. The molecule has 0 heterocycles. The predicted octanol–water partition coefficient (Wildman–Crippen LogP) is 3.17. The molecule has 2 rings (SSSR count). The summed E-state index contributed by atoms with van der Waals surface area (Å²) < 4.78 is 6.15. The second-order valence-corrected chi connectivity index (χ2v) is 5.33. The number of hydrogen-bond acceptors (Lipinski definition) is 2. The van der Waals surface area contributed by atoms with Gasteiger partial charge in [0, 0.05) is 6.61 Å². The molecule has 0 aromatic heterocycles. The molecule has 1 fully saturated rings. The van der Waals surface area contributed by atoms with Crippen LogP contribution < -0.4 is 5.32 Å². The monoisotopic (exact) mass is 247 g/mol. The highest BCUT2D eigenvalue weighted by atomic mass is 16.5. The summed E-state index contributed by atoms with van der Waals surface area (Å²) in [4.78, 5) is 0. The molecule has 0 unspecified atom stereocenters. The van der Waals surface area contributed by atoms with Crippen LogP contribution in [0.3, 0.4) is 0 Å². The third-order valence-corrected chi connectivity index (χ3v) is 3.96. The molecule has 0 radical (unpaired) electrons. The minimum atomic E-state index is 0.208. The van der Waals surface area contributed by atoms with Gasteiger partial charge in [0.15, 0.2) is 0 Å². The summed E-state index contributed by atoms with van der Waals surface area (Å²) >= 11 is 0. The van der Waals surface area contributed by atoms with E-state index in [1.807, 2.05) is 7.05 Å². The standard InChI is InChI=1S/C16H25NO/c1-17-13-12-16(10-6-11-16)18-14-5-9-15-7-3-2-4-8-15/h2-4,7-8,17H,5-6,9-14H2,1H3. The Morgan fingerprint density at radius 2 is 2.00 bits per heavy atom. The van der Waals surface area contributed by atoms with E-state index in [1.54, 1.807) is 0 Å². The average molecular weight is 247 g/mol. The molecule has 1 N–H and O–H groups in total. The van der Waals surface area contributed by atoms with Crippen molar-refractivity contribution >= 4 is 0 Å². The fourth-order valence-electron chi connectivity index (χ4n) is 2.60. The van der Waals surface area contributed by atoms with Crippen molar-refractivity contribution < 1.29 is 4.74 Å². The summed E-state index contributed by atoms with van der Waals surface area (Å²) in [6.45, 7) is 1.97. The summed E-state index contributed by atoms with van der Waals surface area (Å²) in [6, 6.07) is 10.7. The van der Waals surface area contributed by atoms with Crippen molar-refractivity contribution in [2.75, 3.05) is 20.2 Å². The molecule has 2 nitrogen and oxygen atoms in total. The maximum absolute atomic E-state index is 6.15. The maximum Gasteiger partial charge on any atom is 0.0694 e. The van der Waals surface area contributed by atoms with E-state index in [1.165, 1.54) is 24.8 Å². The van der Waals surface area contributed by atoms with Gasteiger partial charge in [0.2, 0.25) is 0 Å². The lowest BCUT2D eigenvalue weighted by Gasteiger charge is -2.42. The van der Waals surface area contributed by atoms with Crippen molar-refractivity contribution in [1.82, 2.24) is 5.32 Å². The first-order chi connectivity index (χ1) is 8.85. The van der Waals surface area contributed by atoms with Gasteiger partial charge in [-0.05, 0) is 57.7 Å². The van der Waals surface area contributed by atoms with Gasteiger partial charge in [0.25, 0.3) is 0 Å². The normalized spacial score (nSPS) is 17.4. The summed E-state index contributed by atoms with van der Waals surface area (Å²) in [5.74, 6) is 0. The van der Waals surface area contributed by atoms with Crippen LogP contribution in [0.1, 0.15) is 37.7 Å². The van der Waals surface area contributed by atoms with Crippen molar-refractivity contribution in [2.45, 2.75) is 44.1 Å². The Labute approximate surface area is 111 Å². The number of rotatable bonds is 8. The third-order valence-electron chi connectivity index (χ3n) is 3.96. The summed E-state index contributed by atoms with van der Waals surface area (Å²) in [7, 11) is 2.02. The van der Waals surface area contributed by atoms with E-state index in [0.717, 1.165) is 32.4 Å². The molecule has 0 aliphatic heterocycles. The molecule has 1 aromatic rings. The molecule has 2 heteroatoms.